The van der Waals surface area contributed by atoms with Gasteiger partial charge in [0.1, 0.15) is 25.0 Å². The smallest absolute Gasteiger partial charge is 0.330 e. The Balaban J connectivity index is 1.50. The van der Waals surface area contributed by atoms with Crippen LogP contribution in [0.25, 0.3) is 0 Å². The minimum Gasteiger partial charge on any atom is -0.405 e. The van der Waals surface area contributed by atoms with Crippen LogP contribution in [-0.2, 0) is 20.3 Å². The van der Waals surface area contributed by atoms with E-state index in [-0.39, 0.29) is 17.2 Å². The number of alkyl halides is 1. The Bertz CT molecular complexity index is 2000. The van der Waals surface area contributed by atoms with E-state index in [1.54, 1.807) is 0 Å². The van der Waals surface area contributed by atoms with Gasteiger partial charge in [-0.05, 0) is 30.8 Å². The van der Waals surface area contributed by atoms with Crippen LogP contribution in [0.15, 0.2) is 137 Å². The number of ether oxygens (including phenoxy) is 1. The van der Waals surface area contributed by atoms with Crippen LogP contribution in [-0.4, -0.2) is 56.2 Å². The summed E-state index contributed by atoms with van der Waals surface area (Å²) in [4.78, 5) is 28.3. The predicted molar refractivity (Wildman–Crippen MR) is 212 cm³/mol. The number of aromatic amines is 1. The number of aliphatic hydroxyl groups excluding tert-OH is 1. The summed E-state index contributed by atoms with van der Waals surface area (Å²) >= 11 is 0. The van der Waals surface area contributed by atoms with Gasteiger partial charge >= 0.3 is 5.69 Å². The fraction of sp³-hybridized carbons (Fsp3) is 0.333. The van der Waals surface area contributed by atoms with Gasteiger partial charge in [0.15, 0.2) is 6.23 Å². The molecule has 53 heavy (non-hydrogen) atoms. The lowest BCUT2D eigenvalue weighted by atomic mass is 10.1. The molecule has 4 aromatic carbocycles. The molecule has 1 saturated heterocycles. The molecule has 0 unspecified atom stereocenters. The third-order valence-electron chi connectivity index (χ3n) is 10.4. The summed E-state index contributed by atoms with van der Waals surface area (Å²) < 4.78 is 36.6. The zero-order chi connectivity index (χ0) is 38.0. The molecule has 5 aromatic rings. The molecule has 1 aliphatic rings. The van der Waals surface area contributed by atoms with Crippen LogP contribution in [0.1, 0.15) is 53.3 Å². The summed E-state index contributed by atoms with van der Waals surface area (Å²) in [5.41, 5.74) is -1.85. The number of aromatic nitrogens is 2. The number of hydrogen-bond donors (Lipinski definition) is 2. The quantitative estimate of drug-likeness (QED) is 0.189. The van der Waals surface area contributed by atoms with Crippen molar-refractivity contribution in [3.05, 3.63) is 154 Å². The van der Waals surface area contributed by atoms with E-state index in [4.69, 9.17) is 13.6 Å². The van der Waals surface area contributed by atoms with Crippen molar-refractivity contribution in [3.63, 3.8) is 0 Å². The zero-order valence-electron chi connectivity index (χ0n) is 31.2. The van der Waals surface area contributed by atoms with Crippen LogP contribution in [0.4, 0.5) is 4.39 Å². The maximum absolute atomic E-state index is 14.1. The summed E-state index contributed by atoms with van der Waals surface area (Å²) in [7, 11) is -6.41. The zero-order valence-corrected chi connectivity index (χ0v) is 33.2. The number of benzene rings is 4. The number of hydrogen-bond acceptors (Lipinski definition) is 6. The lowest BCUT2D eigenvalue weighted by Crippen LogP contribution is -2.69. The van der Waals surface area contributed by atoms with Gasteiger partial charge in [0.2, 0.25) is 0 Å². The van der Waals surface area contributed by atoms with Gasteiger partial charge in [-0.25, -0.2) is 9.18 Å². The van der Waals surface area contributed by atoms with Crippen molar-refractivity contribution < 1.29 is 23.1 Å². The first kappa shape index (κ1) is 38.5. The van der Waals surface area contributed by atoms with Gasteiger partial charge < -0.3 is 18.7 Å². The van der Waals surface area contributed by atoms with E-state index in [0.717, 1.165) is 25.3 Å². The average Bonchev–Trinajstić information content (AvgIpc) is 3.45. The van der Waals surface area contributed by atoms with Crippen molar-refractivity contribution in [2.24, 2.45) is 0 Å². The molecule has 4 atom stereocenters. The maximum Gasteiger partial charge on any atom is 0.330 e. The summed E-state index contributed by atoms with van der Waals surface area (Å²) in [6.45, 7) is 11.7. The predicted octanol–water partition coefficient (Wildman–Crippen LogP) is 4.79. The standard InChI is InChI=1S/C42H49FN2O6Si2/c1-41(2,3)52(31-19-11-7-12-20-31,32-21-13-8-14-22-32)49-29-35-36(46)37(39(50-35)45-28-30(27-43)38(47)44-40(45)48)51-53(42(4,5)6,33-23-15-9-16-24-33)34-25-17-10-18-26-34/h7-26,28,35-37,39,46H,27,29H2,1-6H3,(H,44,47,48)/t35-,36-,37-,39-/m1/s1. The molecule has 6 rings (SSSR count). The Labute approximate surface area is 312 Å². The Hall–Kier alpha value is -4.24. The number of halogens is 1. The number of rotatable bonds is 11. The van der Waals surface area contributed by atoms with Gasteiger partial charge in [-0.3, -0.25) is 14.3 Å². The molecular formula is C42H49FN2O6Si2. The highest BCUT2D eigenvalue weighted by Gasteiger charge is 2.58. The fourth-order valence-electron chi connectivity index (χ4n) is 7.88. The van der Waals surface area contributed by atoms with Crippen molar-refractivity contribution >= 4 is 37.4 Å². The highest BCUT2D eigenvalue weighted by molar-refractivity contribution is 7.00. The van der Waals surface area contributed by atoms with Crippen LogP contribution in [0.3, 0.4) is 0 Å². The first-order chi connectivity index (χ1) is 25.2. The molecular weight excluding hydrogens is 704 g/mol. The lowest BCUT2D eigenvalue weighted by Gasteiger charge is -2.45. The van der Waals surface area contributed by atoms with E-state index >= 15 is 0 Å². The molecule has 1 aliphatic heterocycles. The molecule has 11 heteroatoms. The summed E-state index contributed by atoms with van der Waals surface area (Å²) in [6, 6.07) is 40.3. The minimum absolute atomic E-state index is 0.0281. The summed E-state index contributed by atoms with van der Waals surface area (Å²) in [6.07, 6.45) is -3.42. The Morgan fingerprint density at radius 2 is 1.13 bits per heavy atom. The molecule has 8 nitrogen and oxygen atoms in total. The van der Waals surface area contributed by atoms with Crippen LogP contribution < -0.4 is 32.0 Å². The van der Waals surface area contributed by atoms with Crippen LogP contribution in [0.2, 0.25) is 10.1 Å². The summed E-state index contributed by atoms with van der Waals surface area (Å²) in [5.74, 6) is 0. The van der Waals surface area contributed by atoms with Crippen LogP contribution >= 0.6 is 0 Å². The van der Waals surface area contributed by atoms with Gasteiger partial charge in [0.25, 0.3) is 22.2 Å². The molecule has 278 valence electrons. The van der Waals surface area contributed by atoms with E-state index in [1.165, 1.54) is 6.20 Å². The van der Waals surface area contributed by atoms with Gasteiger partial charge in [0, 0.05) is 6.20 Å². The highest BCUT2D eigenvalue weighted by Crippen LogP contribution is 2.43. The summed E-state index contributed by atoms with van der Waals surface area (Å²) in [5, 5.41) is 15.7. The first-order valence-corrected chi connectivity index (χ1v) is 21.8. The molecule has 0 saturated carbocycles. The molecule has 2 N–H and O–H groups in total. The molecule has 1 aromatic heterocycles. The largest absolute Gasteiger partial charge is 0.405 e. The van der Waals surface area contributed by atoms with Crippen molar-refractivity contribution in [3.8, 4) is 0 Å². The van der Waals surface area contributed by atoms with E-state index in [9.17, 15) is 19.1 Å². The van der Waals surface area contributed by atoms with Gasteiger partial charge in [-0.2, -0.15) is 0 Å². The molecule has 1 fully saturated rings. The fourth-order valence-corrected chi connectivity index (χ4v) is 17.1. The Morgan fingerprint density at radius 3 is 1.53 bits per heavy atom. The number of H-pyrrole nitrogens is 1. The minimum atomic E-state index is -3.34. The van der Waals surface area contributed by atoms with E-state index < -0.39 is 64.1 Å². The maximum atomic E-state index is 14.1. The van der Waals surface area contributed by atoms with E-state index in [0.29, 0.717) is 0 Å². The number of nitrogens with zero attached hydrogens (tertiary/aromatic N) is 1. The first-order valence-electron chi connectivity index (χ1n) is 18.0. The third-order valence-corrected chi connectivity index (χ3v) is 20.4. The SMILES string of the molecule is CC(C)(C)[Si](OC[C@H]1O[C@@H](n2cc(CF)c(=O)[nH]c2=O)[C@H](O[Si](c2ccccc2)(c2ccccc2)C(C)(C)C)[C@@H]1O)(c1ccccc1)c1ccccc1. The van der Waals surface area contributed by atoms with Crippen LogP contribution in [0, 0.1) is 0 Å². The number of nitrogens with one attached hydrogen (secondary N) is 1. The average molecular weight is 753 g/mol. The number of aliphatic hydroxyl groups is 1. The van der Waals surface area contributed by atoms with E-state index in [2.05, 4.69) is 70.8 Å². The molecule has 0 aliphatic carbocycles. The molecule has 0 radical (unpaired) electrons. The second kappa shape index (κ2) is 15.2. The topological polar surface area (TPSA) is 103 Å². The second-order valence-electron chi connectivity index (χ2n) is 15.7. The van der Waals surface area contributed by atoms with Crippen molar-refractivity contribution in [2.75, 3.05) is 6.61 Å². The third kappa shape index (κ3) is 7.09. The Kier molecular flexibility index (Phi) is 11.1. The monoisotopic (exact) mass is 752 g/mol. The van der Waals surface area contributed by atoms with Gasteiger partial charge in [-0.1, -0.05) is 163 Å². The normalized spacial score (nSPS) is 19.7. The highest BCUT2D eigenvalue weighted by atomic mass is 28.4. The molecule has 2 heterocycles. The second-order valence-corrected chi connectivity index (χ2v) is 24.3. The van der Waals surface area contributed by atoms with Crippen molar-refractivity contribution in [1.29, 1.82) is 0 Å². The van der Waals surface area contributed by atoms with Crippen molar-refractivity contribution in [1.82, 2.24) is 9.55 Å². The van der Waals surface area contributed by atoms with Gasteiger partial charge in [0.05, 0.1) is 12.2 Å². The van der Waals surface area contributed by atoms with E-state index in [1.807, 2.05) is 97.1 Å². The molecule has 0 bridgehead atoms. The molecule has 0 amide bonds. The van der Waals surface area contributed by atoms with Gasteiger partial charge in [-0.15, -0.1) is 0 Å². The van der Waals surface area contributed by atoms with Crippen LogP contribution in [0.5, 0.6) is 0 Å². The molecule has 0 spiro atoms. The van der Waals surface area contributed by atoms with Crippen molar-refractivity contribution in [2.45, 2.75) is 82.8 Å². The lowest BCUT2D eigenvalue weighted by molar-refractivity contribution is -0.0508. The Morgan fingerprint density at radius 1 is 0.717 bits per heavy atom.